The highest BCUT2D eigenvalue weighted by Crippen LogP contribution is 2.23. The van der Waals surface area contributed by atoms with E-state index in [9.17, 15) is 18.0 Å². The molecular weight excluding hydrogens is 318 g/mol. The molecule has 1 heterocycles. The molecule has 0 aromatic heterocycles. The van der Waals surface area contributed by atoms with Gasteiger partial charge in [-0.15, -0.1) is 0 Å². The highest BCUT2D eigenvalue weighted by Gasteiger charge is 2.39. The molecule has 1 aliphatic heterocycles. The van der Waals surface area contributed by atoms with Crippen LogP contribution in [0.1, 0.15) is 12.0 Å². The highest BCUT2D eigenvalue weighted by atomic mass is 35.5. The number of hydrogen-bond acceptors (Lipinski definition) is 5. The van der Waals surface area contributed by atoms with Crippen LogP contribution < -0.4 is 4.72 Å². The Morgan fingerprint density at radius 3 is 2.62 bits per heavy atom. The minimum Gasteiger partial charge on any atom is -0.284 e. The molecule has 0 spiro atoms. The van der Waals surface area contributed by atoms with Crippen molar-refractivity contribution in [2.75, 3.05) is 7.05 Å². The average molecular weight is 328 g/mol. The van der Waals surface area contributed by atoms with Gasteiger partial charge in [-0.25, -0.2) is 8.42 Å². The van der Waals surface area contributed by atoms with Crippen LogP contribution in [0.3, 0.4) is 0 Å². The van der Waals surface area contributed by atoms with Crippen LogP contribution in [0, 0.1) is 11.3 Å². The number of nitrogens with zero attached hydrogens (tertiary/aromatic N) is 2. The molecule has 7 nitrogen and oxygen atoms in total. The Morgan fingerprint density at radius 2 is 2.10 bits per heavy atom. The lowest BCUT2D eigenvalue weighted by Crippen LogP contribution is -2.40. The third-order valence-electron chi connectivity index (χ3n) is 3.03. The Hall–Kier alpha value is -1.95. The van der Waals surface area contributed by atoms with Gasteiger partial charge in [-0.1, -0.05) is 11.6 Å². The summed E-state index contributed by atoms with van der Waals surface area (Å²) >= 11 is 5.83. The van der Waals surface area contributed by atoms with Crippen molar-refractivity contribution in [3.05, 3.63) is 28.8 Å². The normalized spacial score (nSPS) is 18.9. The Kier molecular flexibility index (Phi) is 4.00. The van der Waals surface area contributed by atoms with E-state index in [1.54, 1.807) is 6.07 Å². The molecular formula is C12H10ClN3O4S. The van der Waals surface area contributed by atoms with Crippen molar-refractivity contribution in [3.63, 3.8) is 0 Å². The monoisotopic (exact) mass is 327 g/mol. The zero-order valence-corrected chi connectivity index (χ0v) is 12.4. The second-order valence-corrected chi connectivity index (χ2v) is 6.52. The summed E-state index contributed by atoms with van der Waals surface area (Å²) in [6.45, 7) is 0. The van der Waals surface area contributed by atoms with E-state index in [0.717, 1.165) is 11.0 Å². The van der Waals surface area contributed by atoms with Gasteiger partial charge in [0.05, 0.1) is 23.1 Å². The van der Waals surface area contributed by atoms with Crippen molar-refractivity contribution in [1.29, 1.82) is 5.26 Å². The average Bonchev–Trinajstić information content (AvgIpc) is 2.66. The molecule has 2 amide bonds. The van der Waals surface area contributed by atoms with Gasteiger partial charge in [0.25, 0.3) is 0 Å². The third kappa shape index (κ3) is 2.90. The van der Waals surface area contributed by atoms with Crippen molar-refractivity contribution < 1.29 is 18.0 Å². The lowest BCUT2D eigenvalue weighted by atomic mass is 10.2. The number of halogens is 1. The van der Waals surface area contributed by atoms with Crippen molar-refractivity contribution in [2.45, 2.75) is 17.4 Å². The number of hydrogen-bond donors (Lipinski definition) is 1. The van der Waals surface area contributed by atoms with Crippen LogP contribution in [-0.4, -0.2) is 38.2 Å². The van der Waals surface area contributed by atoms with Gasteiger partial charge >= 0.3 is 0 Å². The first-order chi connectivity index (χ1) is 9.76. The largest absolute Gasteiger partial charge is 0.284 e. The quantitative estimate of drug-likeness (QED) is 0.800. The van der Waals surface area contributed by atoms with Gasteiger partial charge in [0.15, 0.2) is 0 Å². The topological polar surface area (TPSA) is 107 Å². The van der Waals surface area contributed by atoms with Crippen LogP contribution >= 0.6 is 11.6 Å². The number of benzene rings is 1. The fourth-order valence-corrected chi connectivity index (χ4v) is 3.59. The molecule has 0 aliphatic carbocycles. The van der Waals surface area contributed by atoms with E-state index < -0.39 is 27.9 Å². The molecule has 0 bridgehead atoms. The standard InChI is InChI=1S/C12H10ClN3O4S/c1-16-11(17)5-9(12(16)18)15-21(19,20)10-4-7(6-14)2-3-8(10)13/h2-4,9,15H,5H2,1H3. The Bertz CT molecular complexity index is 769. The molecule has 9 heteroatoms. The molecule has 1 aliphatic rings. The second-order valence-electron chi connectivity index (χ2n) is 4.43. The van der Waals surface area contributed by atoms with Crippen LogP contribution in [0.25, 0.3) is 0 Å². The molecule has 1 fully saturated rings. The number of rotatable bonds is 3. The van der Waals surface area contributed by atoms with Crippen molar-refractivity contribution in [3.8, 4) is 6.07 Å². The number of sulfonamides is 1. The van der Waals surface area contributed by atoms with Crippen LogP contribution in [-0.2, 0) is 19.6 Å². The summed E-state index contributed by atoms with van der Waals surface area (Å²) in [4.78, 5) is 23.7. The maximum Gasteiger partial charge on any atom is 0.247 e. The summed E-state index contributed by atoms with van der Waals surface area (Å²) in [7, 11) is -2.84. The summed E-state index contributed by atoms with van der Waals surface area (Å²) in [5.41, 5.74) is 0.116. The number of likely N-dealkylation sites (N-methyl/N-ethyl adjacent to an activating group) is 1. The van der Waals surface area contributed by atoms with Gasteiger partial charge in [-0.05, 0) is 18.2 Å². The van der Waals surface area contributed by atoms with E-state index in [4.69, 9.17) is 16.9 Å². The van der Waals surface area contributed by atoms with Gasteiger partial charge in [0.2, 0.25) is 21.8 Å². The molecule has 110 valence electrons. The predicted octanol–water partition coefficient (Wildman–Crippen LogP) is 0.247. The predicted molar refractivity (Wildman–Crippen MR) is 72.7 cm³/mol. The van der Waals surface area contributed by atoms with Gasteiger partial charge < -0.3 is 0 Å². The number of nitrogens with one attached hydrogen (secondary N) is 1. The SMILES string of the molecule is CN1C(=O)CC(NS(=O)(=O)c2cc(C#N)ccc2Cl)C1=O. The lowest BCUT2D eigenvalue weighted by Gasteiger charge is -2.12. The lowest BCUT2D eigenvalue weighted by molar-refractivity contribution is -0.137. The number of imide groups is 1. The van der Waals surface area contributed by atoms with E-state index in [-0.39, 0.29) is 21.9 Å². The van der Waals surface area contributed by atoms with Crippen molar-refractivity contribution in [2.24, 2.45) is 0 Å². The molecule has 1 saturated heterocycles. The van der Waals surface area contributed by atoms with Crippen LogP contribution in [0.4, 0.5) is 0 Å². The number of amides is 2. The Labute approximate surface area is 126 Å². The summed E-state index contributed by atoms with van der Waals surface area (Å²) in [5, 5.41) is 8.72. The van der Waals surface area contributed by atoms with Gasteiger partial charge in [0, 0.05) is 7.05 Å². The van der Waals surface area contributed by atoms with Crippen molar-refractivity contribution >= 4 is 33.4 Å². The molecule has 21 heavy (non-hydrogen) atoms. The summed E-state index contributed by atoms with van der Waals surface area (Å²) in [6.07, 6.45) is -0.246. The summed E-state index contributed by atoms with van der Waals surface area (Å²) < 4.78 is 26.6. The van der Waals surface area contributed by atoms with Crippen LogP contribution in [0.2, 0.25) is 5.02 Å². The third-order valence-corrected chi connectivity index (χ3v) is 4.98. The zero-order chi connectivity index (χ0) is 15.8. The van der Waals surface area contributed by atoms with E-state index in [0.29, 0.717) is 0 Å². The maximum atomic E-state index is 12.2. The molecule has 2 rings (SSSR count). The second kappa shape index (κ2) is 5.44. The van der Waals surface area contributed by atoms with Gasteiger partial charge in [-0.2, -0.15) is 9.98 Å². The molecule has 0 saturated carbocycles. The Morgan fingerprint density at radius 1 is 1.43 bits per heavy atom. The Balaban J connectivity index is 2.34. The number of likely N-dealkylation sites (tertiary alicyclic amines) is 1. The van der Waals surface area contributed by atoms with Crippen LogP contribution in [0.5, 0.6) is 0 Å². The first-order valence-electron chi connectivity index (χ1n) is 5.78. The van der Waals surface area contributed by atoms with Crippen LogP contribution in [0.15, 0.2) is 23.1 Å². The van der Waals surface area contributed by atoms with E-state index in [1.165, 1.54) is 19.2 Å². The summed E-state index contributed by atoms with van der Waals surface area (Å²) in [6, 6.07) is 4.41. The minimum absolute atomic E-state index is 0.0772. The fraction of sp³-hybridized carbons (Fsp3) is 0.250. The smallest absolute Gasteiger partial charge is 0.247 e. The molecule has 0 radical (unpaired) electrons. The minimum atomic E-state index is -4.12. The van der Waals surface area contributed by atoms with Crippen molar-refractivity contribution in [1.82, 2.24) is 9.62 Å². The van der Waals surface area contributed by atoms with Gasteiger partial charge in [-0.3, -0.25) is 14.5 Å². The zero-order valence-electron chi connectivity index (χ0n) is 10.8. The highest BCUT2D eigenvalue weighted by molar-refractivity contribution is 7.89. The van der Waals surface area contributed by atoms with E-state index in [1.807, 2.05) is 0 Å². The molecule has 1 aromatic rings. The molecule has 1 unspecified atom stereocenters. The molecule has 1 aromatic carbocycles. The van der Waals surface area contributed by atoms with Gasteiger partial charge in [0.1, 0.15) is 10.9 Å². The maximum absolute atomic E-state index is 12.2. The molecule has 1 atom stereocenters. The number of nitriles is 1. The summed E-state index contributed by atoms with van der Waals surface area (Å²) in [5.74, 6) is -1.10. The first kappa shape index (κ1) is 15.4. The van der Waals surface area contributed by atoms with E-state index in [2.05, 4.69) is 4.72 Å². The van der Waals surface area contributed by atoms with E-state index >= 15 is 0 Å². The number of carbonyl (C=O) groups is 2. The fourth-order valence-electron chi connectivity index (χ4n) is 1.88. The molecule has 1 N–H and O–H groups in total. The first-order valence-corrected chi connectivity index (χ1v) is 7.65. The number of carbonyl (C=O) groups excluding carboxylic acids is 2.